The topological polar surface area (TPSA) is 60.1 Å². The molecule has 1 aliphatic carbocycles. The van der Waals surface area contributed by atoms with Crippen molar-refractivity contribution in [2.45, 2.75) is 45.1 Å². The molecule has 26 heavy (non-hydrogen) atoms. The molecule has 0 saturated carbocycles. The highest BCUT2D eigenvalue weighted by molar-refractivity contribution is 7.73. The van der Waals surface area contributed by atoms with Crippen molar-refractivity contribution in [1.82, 2.24) is 9.88 Å². The lowest BCUT2D eigenvalue weighted by molar-refractivity contribution is 0.0958. The van der Waals surface area contributed by atoms with Crippen LogP contribution in [0.25, 0.3) is 0 Å². The largest absolute Gasteiger partial charge is 0.384 e. The summed E-state index contributed by atoms with van der Waals surface area (Å²) in [5.41, 5.74) is 8.90. The van der Waals surface area contributed by atoms with Crippen LogP contribution in [0.15, 0.2) is 42.0 Å². The maximum atomic E-state index is 12.5. The van der Waals surface area contributed by atoms with Gasteiger partial charge in [-0.3, -0.25) is 4.79 Å². The molecule has 3 rings (SSSR count). The van der Waals surface area contributed by atoms with E-state index in [0.717, 1.165) is 19.3 Å². The second-order valence-corrected chi connectivity index (χ2v) is 8.23. The van der Waals surface area contributed by atoms with Crippen LogP contribution in [0.5, 0.6) is 0 Å². The van der Waals surface area contributed by atoms with Crippen molar-refractivity contribution in [2.24, 2.45) is 0 Å². The number of allylic oxidation sites excluding steroid dienone is 1. The molecule has 0 unspecified atom stereocenters. The van der Waals surface area contributed by atoms with Gasteiger partial charge < -0.3 is 15.6 Å². The Morgan fingerprint density at radius 2 is 2.04 bits per heavy atom. The number of carbonyl (C=O) groups excluding carboxylic acids is 1. The molecule has 0 spiro atoms. The average Bonchev–Trinajstić information content (AvgIpc) is 2.95. The number of anilines is 1. The first-order valence-corrected chi connectivity index (χ1v) is 10.4. The summed E-state index contributed by atoms with van der Waals surface area (Å²) >= 11 is 6.72. The van der Waals surface area contributed by atoms with E-state index >= 15 is 0 Å². The highest BCUT2D eigenvalue weighted by atomic mass is 32.1. The van der Waals surface area contributed by atoms with Crippen LogP contribution >= 0.6 is 23.6 Å². The van der Waals surface area contributed by atoms with Gasteiger partial charge in [-0.05, 0) is 56.3 Å². The number of nitrogens with one attached hydrogen (secondary N) is 1. The summed E-state index contributed by atoms with van der Waals surface area (Å²) in [4.78, 5) is 13.0. The normalized spacial score (nSPS) is 14.1. The molecule has 2 aromatic rings. The fraction of sp³-hybridized carbons (Fsp3) is 0.400. The molecule has 1 heterocycles. The summed E-state index contributed by atoms with van der Waals surface area (Å²) in [6, 6.07) is 10.2. The first-order chi connectivity index (χ1) is 12.6. The van der Waals surface area contributed by atoms with Crippen molar-refractivity contribution in [3.63, 3.8) is 0 Å². The van der Waals surface area contributed by atoms with Gasteiger partial charge in [-0.1, -0.05) is 53.3 Å². The van der Waals surface area contributed by atoms with E-state index in [4.69, 9.17) is 18.0 Å². The molecule has 138 valence electrons. The van der Waals surface area contributed by atoms with Crippen molar-refractivity contribution in [2.75, 3.05) is 12.3 Å². The quantitative estimate of drug-likeness (QED) is 0.534. The Hall–Kier alpha value is -1.92. The van der Waals surface area contributed by atoms with Crippen molar-refractivity contribution >= 4 is 35.3 Å². The number of rotatable bonds is 7. The minimum Gasteiger partial charge on any atom is -0.384 e. The number of amides is 1. The lowest BCUT2D eigenvalue weighted by atomic mass is 9.97. The predicted octanol–water partition coefficient (Wildman–Crippen LogP) is 4.72. The van der Waals surface area contributed by atoms with Gasteiger partial charge in [0.25, 0.3) is 5.91 Å². The summed E-state index contributed by atoms with van der Waals surface area (Å²) in [5, 5.41) is 2.99. The number of nitrogen functional groups attached to an aromatic ring is 1. The highest BCUT2D eigenvalue weighted by Crippen LogP contribution is 2.23. The highest BCUT2D eigenvalue weighted by Gasteiger charge is 2.17. The molecule has 1 amide bonds. The lowest BCUT2D eigenvalue weighted by Crippen LogP contribution is -2.25. The van der Waals surface area contributed by atoms with Crippen molar-refractivity contribution in [1.29, 1.82) is 0 Å². The van der Waals surface area contributed by atoms with Crippen LogP contribution in [0, 0.1) is 3.95 Å². The monoisotopic (exact) mass is 387 g/mol. The van der Waals surface area contributed by atoms with Crippen LogP contribution in [-0.4, -0.2) is 17.0 Å². The Labute approximate surface area is 163 Å². The number of aromatic nitrogens is 1. The van der Waals surface area contributed by atoms with Crippen LogP contribution in [0.3, 0.4) is 0 Å². The van der Waals surface area contributed by atoms with Gasteiger partial charge in [-0.25, -0.2) is 0 Å². The molecule has 3 N–H and O–H groups in total. The molecular formula is C20H25N3OS2. The number of nitrogens with two attached hydrogens (primary N) is 1. The summed E-state index contributed by atoms with van der Waals surface area (Å²) < 4.78 is 2.52. The molecule has 1 aromatic heterocycles. The fourth-order valence-corrected chi connectivity index (χ4v) is 4.52. The van der Waals surface area contributed by atoms with Gasteiger partial charge in [0, 0.05) is 13.1 Å². The molecule has 6 heteroatoms. The first-order valence-electron chi connectivity index (χ1n) is 9.14. The van der Waals surface area contributed by atoms with Gasteiger partial charge in [0.15, 0.2) is 3.95 Å². The summed E-state index contributed by atoms with van der Waals surface area (Å²) in [7, 11) is 0. The standard InChI is InChI=1S/C20H25N3OS2/c21-18-17(19(24)22-13-11-15-7-3-1-4-8-15)26-20(25)23(18)14-12-16-9-5-2-6-10-16/h2,5-7,9-10H,1,3-4,8,11-14,21H2,(H,22,24). The Kier molecular flexibility index (Phi) is 6.63. The number of thiazole rings is 1. The third-order valence-electron chi connectivity index (χ3n) is 4.72. The molecule has 0 bridgehead atoms. The van der Waals surface area contributed by atoms with Crippen LogP contribution in [-0.2, 0) is 13.0 Å². The van der Waals surface area contributed by atoms with E-state index < -0.39 is 0 Å². The molecule has 1 aliphatic rings. The lowest BCUT2D eigenvalue weighted by Gasteiger charge is -2.12. The Bertz CT molecular complexity index is 836. The molecule has 0 saturated heterocycles. The van der Waals surface area contributed by atoms with Crippen molar-refractivity contribution in [3.8, 4) is 0 Å². The summed E-state index contributed by atoms with van der Waals surface area (Å²) in [6.07, 6.45) is 8.95. The number of nitrogens with zero attached hydrogens (tertiary/aromatic N) is 1. The summed E-state index contributed by atoms with van der Waals surface area (Å²) in [5.74, 6) is 0.360. The van der Waals surface area contributed by atoms with Crippen LogP contribution in [0.4, 0.5) is 5.82 Å². The van der Waals surface area contributed by atoms with E-state index in [9.17, 15) is 4.79 Å². The molecular weight excluding hydrogens is 362 g/mol. The van der Waals surface area contributed by atoms with Gasteiger partial charge in [0.1, 0.15) is 10.7 Å². The van der Waals surface area contributed by atoms with E-state index in [0.29, 0.717) is 27.7 Å². The number of carbonyl (C=O) groups is 1. The van der Waals surface area contributed by atoms with E-state index in [-0.39, 0.29) is 5.91 Å². The number of hydrogen-bond acceptors (Lipinski definition) is 4. The van der Waals surface area contributed by atoms with Crippen LogP contribution in [0.2, 0.25) is 0 Å². The van der Waals surface area contributed by atoms with E-state index in [1.807, 2.05) is 22.8 Å². The molecule has 4 nitrogen and oxygen atoms in total. The van der Waals surface area contributed by atoms with Gasteiger partial charge >= 0.3 is 0 Å². The number of aryl methyl sites for hydroxylation is 1. The third kappa shape index (κ3) is 4.83. The maximum absolute atomic E-state index is 12.5. The molecule has 0 radical (unpaired) electrons. The maximum Gasteiger partial charge on any atom is 0.265 e. The number of benzene rings is 1. The SMILES string of the molecule is Nc1c(C(=O)NCCC2=CCCCC2)sc(=S)n1CCc1ccccc1. The minimum atomic E-state index is -0.117. The molecule has 0 aliphatic heterocycles. The van der Waals surface area contributed by atoms with Gasteiger partial charge in [0.2, 0.25) is 0 Å². The molecule has 0 fully saturated rings. The van der Waals surface area contributed by atoms with Gasteiger partial charge in [0.05, 0.1) is 0 Å². The van der Waals surface area contributed by atoms with Crippen LogP contribution in [0.1, 0.15) is 47.3 Å². The van der Waals surface area contributed by atoms with Crippen molar-refractivity contribution in [3.05, 3.63) is 56.4 Å². The Morgan fingerprint density at radius 1 is 1.23 bits per heavy atom. The fourth-order valence-electron chi connectivity index (χ4n) is 3.22. The minimum absolute atomic E-state index is 0.117. The smallest absolute Gasteiger partial charge is 0.265 e. The van der Waals surface area contributed by atoms with Gasteiger partial charge in [-0.2, -0.15) is 0 Å². The Morgan fingerprint density at radius 3 is 2.77 bits per heavy atom. The zero-order valence-electron chi connectivity index (χ0n) is 14.9. The van der Waals surface area contributed by atoms with Crippen molar-refractivity contribution < 1.29 is 4.79 Å². The Balaban J connectivity index is 1.58. The first kappa shape index (κ1) is 18.9. The van der Waals surface area contributed by atoms with E-state index in [2.05, 4.69) is 23.5 Å². The van der Waals surface area contributed by atoms with E-state index in [1.165, 1.54) is 41.7 Å². The third-order valence-corrected chi connectivity index (χ3v) is 6.19. The van der Waals surface area contributed by atoms with Crippen LogP contribution < -0.4 is 11.1 Å². The zero-order chi connectivity index (χ0) is 18.4. The van der Waals surface area contributed by atoms with E-state index in [1.54, 1.807) is 0 Å². The molecule has 1 aromatic carbocycles. The second kappa shape index (κ2) is 9.14. The summed E-state index contributed by atoms with van der Waals surface area (Å²) in [6.45, 7) is 1.34. The molecule has 0 atom stereocenters. The predicted molar refractivity (Wildman–Crippen MR) is 111 cm³/mol. The zero-order valence-corrected chi connectivity index (χ0v) is 16.5. The average molecular weight is 388 g/mol. The second-order valence-electron chi connectivity index (χ2n) is 6.58. The van der Waals surface area contributed by atoms with Gasteiger partial charge in [-0.15, -0.1) is 0 Å². The number of hydrogen-bond donors (Lipinski definition) is 2.